The van der Waals surface area contributed by atoms with Crippen molar-refractivity contribution in [3.05, 3.63) is 21.9 Å². The molecule has 5 heteroatoms. The molecule has 0 unspecified atom stereocenters. The maximum Gasteiger partial charge on any atom is 0.345 e. The van der Waals surface area contributed by atoms with Crippen molar-refractivity contribution in [2.75, 3.05) is 33.7 Å². The number of nitrogens with zero attached hydrogens (tertiary/aromatic N) is 2. The van der Waals surface area contributed by atoms with E-state index >= 15 is 0 Å². The van der Waals surface area contributed by atoms with Gasteiger partial charge in [0.05, 0.1) is 0 Å². The molecule has 0 aliphatic carbocycles. The molecule has 1 N–H and O–H groups in total. The first-order valence-corrected chi connectivity index (χ1v) is 7.03. The third-order valence-corrected chi connectivity index (χ3v) is 3.84. The Morgan fingerprint density at radius 3 is 2.56 bits per heavy atom. The Kier molecular flexibility index (Phi) is 6.32. The number of carboxylic acid groups (broad SMARTS) is 1. The van der Waals surface area contributed by atoms with Crippen LogP contribution in [-0.4, -0.2) is 54.6 Å². The van der Waals surface area contributed by atoms with E-state index in [0.717, 1.165) is 37.5 Å². The summed E-state index contributed by atoms with van der Waals surface area (Å²) in [5.74, 6) is -0.832. The lowest BCUT2D eigenvalue weighted by Gasteiger charge is -2.20. The highest BCUT2D eigenvalue weighted by molar-refractivity contribution is 7.13. The van der Waals surface area contributed by atoms with Crippen LogP contribution in [0.5, 0.6) is 0 Å². The molecule has 0 atom stereocenters. The summed E-state index contributed by atoms with van der Waals surface area (Å²) in [5, 5.41) is 8.88. The number of thiophene rings is 1. The first-order chi connectivity index (χ1) is 8.52. The van der Waals surface area contributed by atoms with E-state index in [9.17, 15) is 4.79 Å². The minimum atomic E-state index is -0.832. The van der Waals surface area contributed by atoms with Crippen LogP contribution in [0.15, 0.2) is 12.1 Å². The molecule has 0 aliphatic rings. The molecule has 4 nitrogen and oxygen atoms in total. The van der Waals surface area contributed by atoms with Crippen LogP contribution >= 0.6 is 11.3 Å². The SMILES string of the molecule is CCN(CCCN(C)C)Cc1ccc(C(=O)O)s1. The van der Waals surface area contributed by atoms with Crippen LogP contribution in [-0.2, 0) is 6.54 Å². The van der Waals surface area contributed by atoms with E-state index in [-0.39, 0.29) is 0 Å². The number of carboxylic acids is 1. The number of hydrogen-bond donors (Lipinski definition) is 1. The zero-order valence-corrected chi connectivity index (χ0v) is 12.2. The fourth-order valence-corrected chi connectivity index (χ4v) is 2.65. The fourth-order valence-electron chi connectivity index (χ4n) is 1.76. The molecule has 102 valence electrons. The van der Waals surface area contributed by atoms with E-state index < -0.39 is 5.97 Å². The summed E-state index contributed by atoms with van der Waals surface area (Å²) >= 11 is 1.37. The van der Waals surface area contributed by atoms with Crippen molar-refractivity contribution < 1.29 is 9.90 Å². The van der Waals surface area contributed by atoms with Gasteiger partial charge in [-0.25, -0.2) is 4.79 Å². The second kappa shape index (κ2) is 7.51. The highest BCUT2D eigenvalue weighted by Gasteiger charge is 2.09. The molecule has 0 saturated heterocycles. The van der Waals surface area contributed by atoms with Crippen molar-refractivity contribution in [3.63, 3.8) is 0 Å². The Bertz CT molecular complexity index is 377. The quantitative estimate of drug-likeness (QED) is 0.786. The largest absolute Gasteiger partial charge is 0.477 e. The van der Waals surface area contributed by atoms with Gasteiger partial charge in [0.15, 0.2) is 0 Å². The van der Waals surface area contributed by atoms with Gasteiger partial charge in [0, 0.05) is 11.4 Å². The zero-order valence-electron chi connectivity index (χ0n) is 11.3. The van der Waals surface area contributed by atoms with Gasteiger partial charge in [-0.15, -0.1) is 11.3 Å². The first-order valence-electron chi connectivity index (χ1n) is 6.22. The van der Waals surface area contributed by atoms with Gasteiger partial charge in [0.25, 0.3) is 0 Å². The molecule has 0 bridgehead atoms. The summed E-state index contributed by atoms with van der Waals surface area (Å²) in [6, 6.07) is 3.61. The molecule has 0 aliphatic heterocycles. The average molecular weight is 270 g/mol. The highest BCUT2D eigenvalue weighted by atomic mass is 32.1. The Balaban J connectivity index is 2.43. The minimum absolute atomic E-state index is 0.425. The minimum Gasteiger partial charge on any atom is -0.477 e. The van der Waals surface area contributed by atoms with Gasteiger partial charge >= 0.3 is 5.97 Å². The average Bonchev–Trinajstić information content (AvgIpc) is 2.76. The second-order valence-electron chi connectivity index (χ2n) is 4.60. The second-order valence-corrected chi connectivity index (χ2v) is 5.77. The molecular formula is C13H22N2O2S. The summed E-state index contributed by atoms with van der Waals surface area (Å²) in [6.45, 7) is 6.12. The Morgan fingerprint density at radius 1 is 1.33 bits per heavy atom. The van der Waals surface area contributed by atoms with Crippen LogP contribution in [0, 0.1) is 0 Å². The van der Waals surface area contributed by atoms with Gasteiger partial charge in [0.2, 0.25) is 0 Å². The molecule has 1 aromatic rings. The summed E-state index contributed by atoms with van der Waals surface area (Å²) < 4.78 is 0. The molecule has 1 rings (SSSR count). The maximum atomic E-state index is 10.8. The summed E-state index contributed by atoms with van der Waals surface area (Å²) in [7, 11) is 4.16. The van der Waals surface area contributed by atoms with E-state index in [1.54, 1.807) is 6.07 Å². The maximum absolute atomic E-state index is 10.8. The molecule has 18 heavy (non-hydrogen) atoms. The normalized spacial score (nSPS) is 11.4. The van der Waals surface area contributed by atoms with E-state index in [0.29, 0.717) is 4.88 Å². The van der Waals surface area contributed by atoms with Gasteiger partial charge in [-0.05, 0) is 52.3 Å². The molecule has 1 heterocycles. The van der Waals surface area contributed by atoms with Crippen LogP contribution in [0.2, 0.25) is 0 Å². The first kappa shape index (κ1) is 15.1. The predicted octanol–water partition coefficient (Wildman–Crippen LogP) is 2.22. The predicted molar refractivity (Wildman–Crippen MR) is 75.4 cm³/mol. The van der Waals surface area contributed by atoms with Gasteiger partial charge in [-0.1, -0.05) is 6.92 Å². The summed E-state index contributed by atoms with van der Waals surface area (Å²) in [5.41, 5.74) is 0. The molecule has 1 aromatic heterocycles. The van der Waals surface area contributed by atoms with Crippen LogP contribution in [0.1, 0.15) is 27.9 Å². The Morgan fingerprint density at radius 2 is 2.06 bits per heavy atom. The van der Waals surface area contributed by atoms with E-state index in [1.165, 1.54) is 11.3 Å². The zero-order chi connectivity index (χ0) is 13.5. The van der Waals surface area contributed by atoms with Gasteiger partial charge in [-0.3, -0.25) is 4.90 Å². The van der Waals surface area contributed by atoms with E-state index in [1.807, 2.05) is 6.07 Å². The molecule has 0 aromatic carbocycles. The van der Waals surface area contributed by atoms with Crippen molar-refractivity contribution in [2.45, 2.75) is 19.9 Å². The third-order valence-electron chi connectivity index (χ3n) is 2.78. The molecule has 0 fully saturated rings. The van der Waals surface area contributed by atoms with Crippen molar-refractivity contribution in [1.82, 2.24) is 9.80 Å². The smallest absolute Gasteiger partial charge is 0.345 e. The van der Waals surface area contributed by atoms with Gasteiger partial charge < -0.3 is 10.0 Å². The van der Waals surface area contributed by atoms with Crippen LogP contribution in [0.25, 0.3) is 0 Å². The van der Waals surface area contributed by atoms with Crippen molar-refractivity contribution in [3.8, 4) is 0 Å². The lowest BCUT2D eigenvalue weighted by Crippen LogP contribution is -2.26. The monoisotopic (exact) mass is 270 g/mol. The summed E-state index contributed by atoms with van der Waals surface area (Å²) in [6.07, 6.45) is 1.14. The standard InChI is InChI=1S/C13H22N2O2S/c1-4-15(9-5-8-14(2)3)10-11-6-7-12(18-11)13(16)17/h6-7H,4-5,8-10H2,1-3H3,(H,16,17). The van der Waals surface area contributed by atoms with Crippen molar-refractivity contribution in [2.24, 2.45) is 0 Å². The van der Waals surface area contributed by atoms with Crippen LogP contribution in [0.4, 0.5) is 0 Å². The Labute approximate surface area is 113 Å². The number of rotatable bonds is 8. The molecule has 0 radical (unpaired) electrons. The van der Waals surface area contributed by atoms with Gasteiger partial charge in [0.1, 0.15) is 4.88 Å². The van der Waals surface area contributed by atoms with E-state index in [4.69, 9.17) is 5.11 Å². The fraction of sp³-hybridized carbons (Fsp3) is 0.615. The van der Waals surface area contributed by atoms with E-state index in [2.05, 4.69) is 30.8 Å². The number of carbonyl (C=O) groups is 1. The topological polar surface area (TPSA) is 43.8 Å². The summed E-state index contributed by atoms with van der Waals surface area (Å²) in [4.78, 5) is 16.9. The van der Waals surface area contributed by atoms with Crippen molar-refractivity contribution >= 4 is 17.3 Å². The number of aromatic carboxylic acids is 1. The molecule has 0 spiro atoms. The van der Waals surface area contributed by atoms with Crippen LogP contribution < -0.4 is 0 Å². The van der Waals surface area contributed by atoms with Crippen molar-refractivity contribution in [1.29, 1.82) is 0 Å². The lowest BCUT2D eigenvalue weighted by atomic mass is 10.3. The van der Waals surface area contributed by atoms with Gasteiger partial charge in [-0.2, -0.15) is 0 Å². The molecule has 0 saturated carbocycles. The third kappa shape index (κ3) is 5.16. The molecule has 0 amide bonds. The Hall–Kier alpha value is -0.910. The number of hydrogen-bond acceptors (Lipinski definition) is 4. The molecular weight excluding hydrogens is 248 g/mol. The van der Waals surface area contributed by atoms with Crippen LogP contribution in [0.3, 0.4) is 0 Å². The lowest BCUT2D eigenvalue weighted by molar-refractivity contribution is 0.0702. The highest BCUT2D eigenvalue weighted by Crippen LogP contribution is 2.18.